The van der Waals surface area contributed by atoms with Gasteiger partial charge in [-0.05, 0) is 65.5 Å². The number of ether oxygens (including phenoxy) is 2. The smallest absolute Gasteiger partial charge is 0.435 e. The van der Waals surface area contributed by atoms with Gasteiger partial charge in [-0.2, -0.15) is 4.99 Å². The number of nitrogens with one attached hydrogen (secondary N) is 2. The van der Waals surface area contributed by atoms with Crippen LogP contribution in [0.2, 0.25) is 0 Å². The van der Waals surface area contributed by atoms with E-state index in [1.165, 1.54) is 25.6 Å². The maximum Gasteiger partial charge on any atom is 0.435 e. The second kappa shape index (κ2) is 9.86. The molecule has 2 fully saturated rings. The van der Waals surface area contributed by atoms with Crippen LogP contribution >= 0.6 is 0 Å². The summed E-state index contributed by atoms with van der Waals surface area (Å²) in [5.74, 6) is -0.611. The molecule has 1 amide bonds. The first-order chi connectivity index (χ1) is 19.1. The molecule has 0 spiro atoms. The van der Waals surface area contributed by atoms with Crippen LogP contribution in [0.3, 0.4) is 0 Å². The molecule has 5 rings (SSSR count). The van der Waals surface area contributed by atoms with E-state index in [-0.39, 0.29) is 23.1 Å². The van der Waals surface area contributed by atoms with Gasteiger partial charge in [0.1, 0.15) is 33.3 Å². The Hall–Kier alpha value is -3.94. The third-order valence-corrected chi connectivity index (χ3v) is 10.1. The zero-order valence-electron chi connectivity index (χ0n) is 23.6. The average Bonchev–Trinajstić information content (AvgIpc) is 3.72. The highest BCUT2D eigenvalue weighted by Crippen LogP contribution is 2.49. The maximum atomic E-state index is 15.4. The summed E-state index contributed by atoms with van der Waals surface area (Å²) in [5, 5.41) is 6.16. The predicted molar refractivity (Wildman–Crippen MR) is 150 cm³/mol. The van der Waals surface area contributed by atoms with E-state index in [1.807, 2.05) is 0 Å². The van der Waals surface area contributed by atoms with E-state index in [4.69, 9.17) is 9.47 Å². The van der Waals surface area contributed by atoms with Crippen LogP contribution < -0.4 is 15.4 Å². The lowest BCUT2D eigenvalue weighted by Crippen LogP contribution is -2.66. The lowest BCUT2D eigenvalue weighted by Gasteiger charge is -2.45. The van der Waals surface area contributed by atoms with Crippen molar-refractivity contribution < 1.29 is 27.1 Å². The first kappa shape index (κ1) is 28.6. The molecule has 0 bridgehead atoms. The third-order valence-electron chi connectivity index (χ3n) is 7.29. The molecule has 2 N–H and O–H groups in total. The molecule has 4 heterocycles. The average molecular weight is 586 g/mol. The molecule has 12 nitrogen and oxygen atoms in total. The Morgan fingerprint density at radius 2 is 1.93 bits per heavy atom. The number of aliphatic imine (C=N–C) groups is 1. The third kappa shape index (κ3) is 5.39. The fourth-order valence-electron chi connectivity index (χ4n) is 5.01. The molecule has 218 valence electrons. The van der Waals surface area contributed by atoms with Gasteiger partial charge in [0.15, 0.2) is 15.7 Å². The zero-order chi connectivity index (χ0) is 29.8. The second-order valence-corrected chi connectivity index (χ2v) is 14.0. The number of aromatic nitrogens is 4. The SMILES string of the molecule is COc1cnc2c(Nc3cc([C@]4(C)CS(=O)(=O)[C@@](C)(C5CC5)/C(=N/C(=O)OC(C)(C)C)N4)c(F)cn3)nccc2n1. The first-order valence-corrected chi connectivity index (χ1v) is 14.7. The van der Waals surface area contributed by atoms with Crippen molar-refractivity contribution >= 4 is 44.4 Å². The largest absolute Gasteiger partial charge is 0.480 e. The van der Waals surface area contributed by atoms with Crippen molar-refractivity contribution in [2.45, 2.75) is 63.3 Å². The zero-order valence-corrected chi connectivity index (χ0v) is 24.5. The quantitative estimate of drug-likeness (QED) is 0.445. The van der Waals surface area contributed by atoms with Crippen LogP contribution in [-0.4, -0.2) is 63.5 Å². The van der Waals surface area contributed by atoms with Gasteiger partial charge in [-0.3, -0.25) is 0 Å². The Morgan fingerprint density at radius 3 is 2.59 bits per heavy atom. The molecule has 1 saturated carbocycles. The van der Waals surface area contributed by atoms with E-state index in [2.05, 4.69) is 35.6 Å². The van der Waals surface area contributed by atoms with Gasteiger partial charge in [-0.15, -0.1) is 0 Å². The van der Waals surface area contributed by atoms with E-state index < -0.39 is 43.4 Å². The number of nitrogens with zero attached hydrogens (tertiary/aromatic N) is 5. The summed E-state index contributed by atoms with van der Waals surface area (Å²) in [6.07, 6.45) is 4.38. The minimum absolute atomic E-state index is 0.0151. The van der Waals surface area contributed by atoms with Gasteiger partial charge in [0, 0.05) is 11.8 Å². The molecule has 14 heteroatoms. The first-order valence-electron chi connectivity index (χ1n) is 13.1. The number of fused-ring (bicyclic) bond motifs is 1. The van der Waals surface area contributed by atoms with Crippen molar-refractivity contribution in [3.63, 3.8) is 0 Å². The molecule has 1 aliphatic carbocycles. The molecular formula is C27H32FN7O5S. The number of anilines is 2. The highest BCUT2D eigenvalue weighted by Gasteiger charge is 2.61. The van der Waals surface area contributed by atoms with Crippen molar-refractivity contribution in [1.29, 1.82) is 0 Å². The number of carbonyl (C=O) groups excluding carboxylic acids is 1. The van der Waals surface area contributed by atoms with Crippen LogP contribution in [-0.2, 0) is 20.1 Å². The van der Waals surface area contributed by atoms with Gasteiger partial charge >= 0.3 is 6.09 Å². The number of amides is 1. The van der Waals surface area contributed by atoms with Crippen LogP contribution in [0.15, 0.2) is 35.7 Å². The van der Waals surface area contributed by atoms with Crippen molar-refractivity contribution in [3.8, 4) is 5.88 Å². The topological polar surface area (TPSA) is 158 Å². The van der Waals surface area contributed by atoms with Gasteiger partial charge < -0.3 is 20.1 Å². The fraction of sp³-hybridized carbons (Fsp3) is 0.481. The maximum absolute atomic E-state index is 15.4. The highest BCUT2D eigenvalue weighted by atomic mass is 32.2. The Balaban J connectivity index is 1.54. The Labute approximate surface area is 237 Å². The van der Waals surface area contributed by atoms with E-state index in [0.717, 1.165) is 6.20 Å². The van der Waals surface area contributed by atoms with E-state index in [9.17, 15) is 13.2 Å². The molecule has 0 aromatic carbocycles. The summed E-state index contributed by atoms with van der Waals surface area (Å²) in [6, 6.07) is 3.07. The summed E-state index contributed by atoms with van der Waals surface area (Å²) in [6.45, 7) is 8.18. The predicted octanol–water partition coefficient (Wildman–Crippen LogP) is 4.05. The molecular weight excluding hydrogens is 553 g/mol. The molecule has 1 saturated heterocycles. The molecule has 2 atom stereocenters. The van der Waals surface area contributed by atoms with Gasteiger partial charge in [0.25, 0.3) is 0 Å². The summed E-state index contributed by atoms with van der Waals surface area (Å²) < 4.78 is 52.2. The van der Waals surface area contributed by atoms with Crippen molar-refractivity contribution in [2.24, 2.45) is 10.9 Å². The van der Waals surface area contributed by atoms with Crippen LogP contribution in [0.4, 0.5) is 20.8 Å². The van der Waals surface area contributed by atoms with Gasteiger partial charge in [0.05, 0.1) is 36.3 Å². The Kier molecular flexibility index (Phi) is 6.87. The minimum Gasteiger partial charge on any atom is -0.480 e. The Bertz CT molecular complexity index is 1670. The number of hydrogen-bond donors (Lipinski definition) is 2. The fourth-order valence-corrected chi connectivity index (χ4v) is 7.43. The summed E-state index contributed by atoms with van der Waals surface area (Å²) in [7, 11) is -2.45. The van der Waals surface area contributed by atoms with Crippen LogP contribution in [0, 0.1) is 11.7 Å². The minimum atomic E-state index is -3.93. The molecule has 41 heavy (non-hydrogen) atoms. The second-order valence-electron chi connectivity index (χ2n) is 11.7. The summed E-state index contributed by atoms with van der Waals surface area (Å²) >= 11 is 0. The summed E-state index contributed by atoms with van der Waals surface area (Å²) in [4.78, 5) is 34.0. The molecule has 3 aromatic heterocycles. The standard InChI is InChI=1S/C27H32FN7O5S/c1-25(2,3)40-24(36)34-23-27(5,15-7-8-15)41(37,38)14-26(4,35-23)16-11-19(30-12-17(16)28)33-22-21-18(9-10-29-22)32-20(39-6)13-31-21/h9-13,15H,7-8,14H2,1-6H3,(H,29,30,33)(H,34,35,36)/t26-,27-/m0/s1. The van der Waals surface area contributed by atoms with E-state index >= 15 is 4.39 Å². The molecule has 1 aliphatic heterocycles. The number of hydrogen-bond acceptors (Lipinski definition) is 10. The number of methoxy groups -OCH3 is 1. The van der Waals surface area contributed by atoms with E-state index in [0.29, 0.717) is 35.6 Å². The van der Waals surface area contributed by atoms with Crippen molar-refractivity contribution in [3.05, 3.63) is 42.1 Å². The monoisotopic (exact) mass is 585 g/mol. The number of sulfone groups is 1. The number of carbonyl (C=O) groups is 1. The summed E-state index contributed by atoms with van der Waals surface area (Å²) in [5.41, 5.74) is -1.37. The molecule has 2 aliphatic rings. The van der Waals surface area contributed by atoms with Gasteiger partial charge in [0.2, 0.25) is 5.88 Å². The number of pyridine rings is 2. The lowest BCUT2D eigenvalue weighted by atomic mass is 9.91. The van der Waals surface area contributed by atoms with Crippen LogP contribution in [0.25, 0.3) is 11.0 Å². The molecule has 0 radical (unpaired) electrons. The van der Waals surface area contributed by atoms with Crippen molar-refractivity contribution in [1.82, 2.24) is 25.3 Å². The number of amidine groups is 1. The van der Waals surface area contributed by atoms with E-state index in [1.54, 1.807) is 40.7 Å². The Morgan fingerprint density at radius 1 is 1.20 bits per heavy atom. The normalized spacial score (nSPS) is 25.0. The van der Waals surface area contributed by atoms with Gasteiger partial charge in [-0.1, -0.05) is 0 Å². The molecule has 3 aromatic rings. The van der Waals surface area contributed by atoms with Crippen molar-refractivity contribution in [2.75, 3.05) is 18.2 Å². The van der Waals surface area contributed by atoms with Gasteiger partial charge in [-0.25, -0.2) is 37.5 Å². The van der Waals surface area contributed by atoms with Crippen LogP contribution in [0.5, 0.6) is 5.88 Å². The lowest BCUT2D eigenvalue weighted by molar-refractivity contribution is 0.0602. The number of halogens is 1. The molecule has 0 unspecified atom stereocenters. The number of rotatable bonds is 5. The highest BCUT2D eigenvalue weighted by molar-refractivity contribution is 7.93. The van der Waals surface area contributed by atoms with Crippen LogP contribution in [0.1, 0.15) is 53.0 Å².